The minimum absolute atomic E-state index is 0.114. The Morgan fingerprint density at radius 1 is 1.15 bits per heavy atom. The number of carbonyl (C=O) groups is 1. The van der Waals surface area contributed by atoms with E-state index >= 15 is 0 Å². The largest absolute Gasteiger partial charge is 0.416 e. The van der Waals surface area contributed by atoms with Gasteiger partial charge in [0.2, 0.25) is 0 Å². The Hall–Kier alpha value is -2.19. The molecule has 2 aromatic carbocycles. The fourth-order valence-corrected chi connectivity index (χ4v) is 3.05. The molecule has 0 radical (unpaired) electrons. The Labute approximate surface area is 159 Å². The van der Waals surface area contributed by atoms with Crippen LogP contribution in [0.25, 0.3) is 5.69 Å². The van der Waals surface area contributed by atoms with Gasteiger partial charge in [0.05, 0.1) is 21.6 Å². The van der Waals surface area contributed by atoms with Crippen LogP contribution < -0.4 is 0 Å². The highest BCUT2D eigenvalue weighted by Crippen LogP contribution is 2.33. The van der Waals surface area contributed by atoms with Crippen LogP contribution in [0.15, 0.2) is 48.8 Å². The summed E-state index contributed by atoms with van der Waals surface area (Å²) in [4.78, 5) is 12.9. The topological polar surface area (TPSA) is 47.8 Å². The molecular weight excluding hydrogens is 435 g/mol. The summed E-state index contributed by atoms with van der Waals surface area (Å²) in [5, 5.41) is 8.11. The second kappa shape index (κ2) is 7.20. The van der Waals surface area contributed by atoms with E-state index in [2.05, 4.69) is 26.1 Å². The maximum atomic E-state index is 13.2. The zero-order valence-corrected chi connectivity index (χ0v) is 15.3. The summed E-state index contributed by atoms with van der Waals surface area (Å²) in [6.45, 7) is 0. The molecule has 3 aromatic rings. The van der Waals surface area contributed by atoms with Crippen molar-refractivity contribution in [2.45, 2.75) is 11.5 Å². The lowest BCUT2D eigenvalue weighted by Crippen LogP contribution is -2.13. The number of halogens is 5. The van der Waals surface area contributed by atoms with E-state index in [0.717, 1.165) is 12.1 Å². The molecule has 0 aliphatic carbocycles. The lowest BCUT2D eigenvalue weighted by Gasteiger charge is -2.15. The standard InChI is InChI=1S/C17H10BrClF3N3O/c18-8-15-24-23-9-25(15)14-6-5-10(17(20,21)22)7-12(14)16(26)11-3-1-2-4-13(11)19/h1-7,9H,8H2. The third kappa shape index (κ3) is 3.52. The number of ketones is 1. The van der Waals surface area contributed by atoms with Crippen molar-refractivity contribution < 1.29 is 18.0 Å². The number of alkyl halides is 4. The lowest BCUT2D eigenvalue weighted by atomic mass is 9.99. The van der Waals surface area contributed by atoms with Crippen LogP contribution in [-0.4, -0.2) is 20.5 Å². The molecule has 0 atom stereocenters. The van der Waals surface area contributed by atoms with Crippen LogP contribution in [0.2, 0.25) is 5.02 Å². The smallest absolute Gasteiger partial charge is 0.288 e. The molecule has 0 bridgehead atoms. The van der Waals surface area contributed by atoms with Gasteiger partial charge in [-0.05, 0) is 30.3 Å². The Bertz CT molecular complexity index is 972. The van der Waals surface area contributed by atoms with Gasteiger partial charge in [0.15, 0.2) is 5.78 Å². The van der Waals surface area contributed by atoms with Crippen molar-refractivity contribution in [1.29, 1.82) is 0 Å². The van der Waals surface area contributed by atoms with Gasteiger partial charge < -0.3 is 0 Å². The molecule has 0 fully saturated rings. The van der Waals surface area contributed by atoms with Crippen molar-refractivity contribution in [2.75, 3.05) is 0 Å². The number of rotatable bonds is 4. The second-order valence-electron chi connectivity index (χ2n) is 5.29. The maximum absolute atomic E-state index is 13.2. The molecule has 0 unspecified atom stereocenters. The number of nitrogens with zero attached hydrogens (tertiary/aromatic N) is 3. The van der Waals surface area contributed by atoms with Crippen LogP contribution >= 0.6 is 27.5 Å². The van der Waals surface area contributed by atoms with Crippen molar-refractivity contribution in [3.8, 4) is 5.69 Å². The van der Waals surface area contributed by atoms with Crippen molar-refractivity contribution in [2.24, 2.45) is 0 Å². The van der Waals surface area contributed by atoms with Crippen molar-refractivity contribution >= 4 is 33.3 Å². The highest BCUT2D eigenvalue weighted by molar-refractivity contribution is 9.08. The van der Waals surface area contributed by atoms with Gasteiger partial charge in [-0.15, -0.1) is 10.2 Å². The molecule has 0 N–H and O–H groups in total. The molecule has 0 saturated carbocycles. The van der Waals surface area contributed by atoms with E-state index in [0.29, 0.717) is 11.2 Å². The average Bonchev–Trinajstić information content (AvgIpc) is 3.09. The molecule has 3 rings (SSSR count). The fraction of sp³-hybridized carbons (Fsp3) is 0.118. The third-order valence-corrected chi connectivity index (χ3v) is 4.52. The van der Waals surface area contributed by atoms with Gasteiger partial charge >= 0.3 is 6.18 Å². The maximum Gasteiger partial charge on any atom is 0.416 e. The average molecular weight is 445 g/mol. The molecule has 0 aliphatic rings. The monoisotopic (exact) mass is 443 g/mol. The van der Waals surface area contributed by atoms with E-state index in [1.807, 2.05) is 0 Å². The molecular formula is C17H10BrClF3N3O. The Morgan fingerprint density at radius 2 is 1.88 bits per heavy atom. The fourth-order valence-electron chi connectivity index (χ4n) is 2.45. The van der Waals surface area contributed by atoms with Crippen molar-refractivity contribution in [1.82, 2.24) is 14.8 Å². The van der Waals surface area contributed by atoms with Gasteiger partial charge in [0.1, 0.15) is 12.2 Å². The van der Waals surface area contributed by atoms with Crippen LogP contribution in [0.3, 0.4) is 0 Å². The molecule has 9 heteroatoms. The minimum atomic E-state index is -4.58. The first-order valence-electron chi connectivity index (χ1n) is 7.28. The summed E-state index contributed by atoms with van der Waals surface area (Å²) < 4.78 is 40.9. The summed E-state index contributed by atoms with van der Waals surface area (Å²) in [6, 6.07) is 9.15. The molecule has 0 amide bonds. The zero-order chi connectivity index (χ0) is 18.9. The normalized spacial score (nSPS) is 11.6. The molecule has 4 nitrogen and oxygen atoms in total. The van der Waals surface area contributed by atoms with Crippen LogP contribution in [0.1, 0.15) is 27.3 Å². The first-order chi connectivity index (χ1) is 12.3. The van der Waals surface area contributed by atoms with Crippen molar-refractivity contribution in [3.05, 3.63) is 76.3 Å². The predicted molar refractivity (Wildman–Crippen MR) is 93.9 cm³/mol. The molecule has 0 spiro atoms. The summed E-state index contributed by atoms with van der Waals surface area (Å²) in [5.74, 6) is -0.177. The first kappa shape index (κ1) is 18.6. The van der Waals surface area contributed by atoms with Crippen LogP contribution in [0, 0.1) is 0 Å². The molecule has 0 saturated heterocycles. The highest BCUT2D eigenvalue weighted by atomic mass is 79.9. The van der Waals surface area contributed by atoms with E-state index in [4.69, 9.17) is 11.6 Å². The number of hydrogen-bond donors (Lipinski definition) is 0. The third-order valence-electron chi connectivity index (χ3n) is 3.68. The van der Waals surface area contributed by atoms with Gasteiger partial charge in [0, 0.05) is 11.1 Å². The molecule has 0 aliphatic heterocycles. The molecule has 1 heterocycles. The number of aromatic nitrogens is 3. The van der Waals surface area contributed by atoms with Crippen LogP contribution in [-0.2, 0) is 11.5 Å². The summed E-state index contributed by atoms with van der Waals surface area (Å²) in [6.07, 6.45) is -3.25. The quantitative estimate of drug-likeness (QED) is 0.417. The SMILES string of the molecule is O=C(c1ccccc1Cl)c1cc(C(F)(F)F)ccc1-n1cnnc1CBr. The van der Waals surface area contributed by atoms with E-state index in [1.165, 1.54) is 29.1 Å². The summed E-state index contributed by atoms with van der Waals surface area (Å²) >= 11 is 9.29. The van der Waals surface area contributed by atoms with Crippen molar-refractivity contribution in [3.63, 3.8) is 0 Å². The summed E-state index contributed by atoms with van der Waals surface area (Å²) in [7, 11) is 0. The highest BCUT2D eigenvalue weighted by Gasteiger charge is 2.32. The predicted octanol–water partition coefficient (Wildman–Crippen LogP) is 5.07. The number of hydrogen-bond acceptors (Lipinski definition) is 3. The van der Waals surface area contributed by atoms with E-state index in [1.54, 1.807) is 12.1 Å². The van der Waals surface area contributed by atoms with Crippen LogP contribution in [0.4, 0.5) is 13.2 Å². The zero-order valence-electron chi connectivity index (χ0n) is 13.0. The van der Waals surface area contributed by atoms with Gasteiger partial charge in [-0.2, -0.15) is 13.2 Å². The molecule has 26 heavy (non-hydrogen) atoms. The number of carbonyl (C=O) groups excluding carboxylic acids is 1. The van der Waals surface area contributed by atoms with E-state index in [-0.39, 0.29) is 21.8 Å². The molecule has 134 valence electrons. The lowest BCUT2D eigenvalue weighted by molar-refractivity contribution is -0.137. The Balaban J connectivity index is 2.23. The van der Waals surface area contributed by atoms with Gasteiger partial charge in [-0.1, -0.05) is 39.7 Å². The summed E-state index contributed by atoms with van der Waals surface area (Å²) in [5.41, 5.74) is -0.717. The second-order valence-corrected chi connectivity index (χ2v) is 6.26. The molecule has 1 aromatic heterocycles. The van der Waals surface area contributed by atoms with Gasteiger partial charge in [-0.3, -0.25) is 9.36 Å². The first-order valence-corrected chi connectivity index (χ1v) is 8.78. The van der Waals surface area contributed by atoms with Gasteiger partial charge in [0.25, 0.3) is 0 Å². The minimum Gasteiger partial charge on any atom is -0.288 e. The van der Waals surface area contributed by atoms with Crippen LogP contribution in [0.5, 0.6) is 0 Å². The Kier molecular flexibility index (Phi) is 5.15. The van der Waals surface area contributed by atoms with Gasteiger partial charge in [-0.25, -0.2) is 0 Å². The Morgan fingerprint density at radius 3 is 2.54 bits per heavy atom. The van der Waals surface area contributed by atoms with E-state index in [9.17, 15) is 18.0 Å². The number of benzene rings is 2. The van der Waals surface area contributed by atoms with E-state index < -0.39 is 17.5 Å².